The number of morpholine rings is 1. The maximum Gasteiger partial charge on any atom is 0.226 e. The zero-order chi connectivity index (χ0) is 21.3. The number of guanidine groups is 1. The zero-order valence-electron chi connectivity index (χ0n) is 17.9. The summed E-state index contributed by atoms with van der Waals surface area (Å²) >= 11 is 0. The largest absolute Gasteiger partial charge is 0.444 e. The molecule has 0 spiro atoms. The summed E-state index contributed by atoms with van der Waals surface area (Å²) in [5.74, 6) is 1.35. The molecule has 0 unspecified atom stereocenters. The van der Waals surface area contributed by atoms with Crippen LogP contribution in [0.15, 0.2) is 70.3 Å². The summed E-state index contributed by atoms with van der Waals surface area (Å²) in [6.07, 6.45) is 1.68. The van der Waals surface area contributed by atoms with Gasteiger partial charge in [0.25, 0.3) is 0 Å². The van der Waals surface area contributed by atoms with Gasteiger partial charge in [-0.1, -0.05) is 42.5 Å². The van der Waals surface area contributed by atoms with Gasteiger partial charge >= 0.3 is 0 Å². The van der Waals surface area contributed by atoms with Gasteiger partial charge in [-0.05, 0) is 23.3 Å². The van der Waals surface area contributed by atoms with Crippen LogP contribution in [0.4, 0.5) is 0 Å². The normalized spacial score (nSPS) is 15.1. The Kier molecular flexibility index (Phi) is 7.31. The number of ether oxygens (including phenoxy) is 1. The van der Waals surface area contributed by atoms with Gasteiger partial charge in [0.1, 0.15) is 6.26 Å². The summed E-state index contributed by atoms with van der Waals surface area (Å²) in [5.41, 5.74) is 4.34. The molecule has 1 aromatic heterocycles. The van der Waals surface area contributed by atoms with Crippen LogP contribution in [0.2, 0.25) is 0 Å². The molecule has 1 aliphatic rings. The molecule has 1 fully saturated rings. The van der Waals surface area contributed by atoms with Crippen molar-refractivity contribution in [1.82, 2.24) is 20.5 Å². The van der Waals surface area contributed by atoms with E-state index in [1.165, 1.54) is 11.1 Å². The minimum absolute atomic E-state index is 0.535. The molecule has 1 aliphatic heterocycles. The van der Waals surface area contributed by atoms with Gasteiger partial charge < -0.3 is 19.8 Å². The van der Waals surface area contributed by atoms with Crippen molar-refractivity contribution in [3.05, 3.63) is 77.7 Å². The third-order valence-electron chi connectivity index (χ3n) is 5.19. The predicted molar refractivity (Wildman–Crippen MR) is 122 cm³/mol. The number of nitrogens with zero attached hydrogens (tertiary/aromatic N) is 3. The number of nitrogens with one attached hydrogen (secondary N) is 2. The van der Waals surface area contributed by atoms with Gasteiger partial charge in [-0.3, -0.25) is 9.89 Å². The average Bonchev–Trinajstić information content (AvgIpc) is 3.30. The molecule has 0 aliphatic carbocycles. The van der Waals surface area contributed by atoms with Crippen LogP contribution in [-0.2, 0) is 24.4 Å². The molecule has 3 aromatic rings. The van der Waals surface area contributed by atoms with E-state index >= 15 is 0 Å². The molecule has 7 heteroatoms. The molecule has 0 bridgehead atoms. The molecule has 162 valence electrons. The maximum atomic E-state index is 5.60. The second-order valence-electron chi connectivity index (χ2n) is 7.50. The monoisotopic (exact) mass is 419 g/mol. The van der Waals surface area contributed by atoms with E-state index < -0.39 is 0 Å². The second-order valence-corrected chi connectivity index (χ2v) is 7.50. The molecule has 2 aromatic carbocycles. The molecule has 0 atom stereocenters. The summed E-state index contributed by atoms with van der Waals surface area (Å²) in [7, 11) is 1.77. The first-order valence-corrected chi connectivity index (χ1v) is 10.6. The van der Waals surface area contributed by atoms with E-state index in [0.717, 1.165) is 50.1 Å². The van der Waals surface area contributed by atoms with Gasteiger partial charge in [-0.25, -0.2) is 4.98 Å². The van der Waals surface area contributed by atoms with Crippen molar-refractivity contribution >= 4 is 5.96 Å². The Hall–Kier alpha value is -3.16. The van der Waals surface area contributed by atoms with Gasteiger partial charge in [-0.2, -0.15) is 0 Å². The Bertz CT molecular complexity index is 980. The lowest BCUT2D eigenvalue weighted by atomic mass is 10.1. The fraction of sp³-hybridized carbons (Fsp3) is 0.333. The predicted octanol–water partition coefficient (Wildman–Crippen LogP) is 3.04. The first-order chi connectivity index (χ1) is 15.3. The summed E-state index contributed by atoms with van der Waals surface area (Å²) < 4.78 is 11.0. The van der Waals surface area contributed by atoms with Crippen molar-refractivity contribution in [2.75, 3.05) is 33.4 Å². The molecule has 2 heterocycles. The molecule has 0 amide bonds. The molecular formula is C24H29N5O2. The van der Waals surface area contributed by atoms with Gasteiger partial charge in [0.05, 0.1) is 25.5 Å². The van der Waals surface area contributed by atoms with Crippen LogP contribution in [0.25, 0.3) is 11.5 Å². The summed E-state index contributed by atoms with van der Waals surface area (Å²) in [6.45, 7) is 5.82. The molecule has 1 saturated heterocycles. The summed E-state index contributed by atoms with van der Waals surface area (Å²) in [6, 6.07) is 18.6. The van der Waals surface area contributed by atoms with E-state index in [1.807, 2.05) is 30.3 Å². The Balaban J connectivity index is 1.27. The minimum atomic E-state index is 0.535. The van der Waals surface area contributed by atoms with Gasteiger partial charge in [0.15, 0.2) is 5.96 Å². The van der Waals surface area contributed by atoms with Crippen LogP contribution in [-0.4, -0.2) is 49.2 Å². The molecule has 2 N–H and O–H groups in total. The van der Waals surface area contributed by atoms with Crippen LogP contribution in [0.3, 0.4) is 0 Å². The molecular weight excluding hydrogens is 390 g/mol. The number of rotatable bonds is 7. The van der Waals surface area contributed by atoms with Crippen LogP contribution < -0.4 is 10.6 Å². The number of hydrogen-bond acceptors (Lipinski definition) is 5. The molecule has 0 saturated carbocycles. The van der Waals surface area contributed by atoms with Crippen LogP contribution in [0.5, 0.6) is 0 Å². The highest BCUT2D eigenvalue weighted by atomic mass is 16.5. The second kappa shape index (κ2) is 10.7. The van der Waals surface area contributed by atoms with Gasteiger partial charge in [-0.15, -0.1) is 0 Å². The highest BCUT2D eigenvalue weighted by Gasteiger charge is 2.11. The van der Waals surface area contributed by atoms with Crippen molar-refractivity contribution < 1.29 is 9.15 Å². The quantitative estimate of drug-likeness (QED) is 0.453. The summed E-state index contributed by atoms with van der Waals surface area (Å²) in [5, 5.41) is 6.67. The molecule has 7 nitrogen and oxygen atoms in total. The van der Waals surface area contributed by atoms with E-state index in [4.69, 9.17) is 9.15 Å². The lowest BCUT2D eigenvalue weighted by molar-refractivity contribution is 0.0342. The van der Waals surface area contributed by atoms with Gasteiger partial charge in [0.2, 0.25) is 5.89 Å². The van der Waals surface area contributed by atoms with Crippen molar-refractivity contribution in [1.29, 1.82) is 0 Å². The number of aromatic nitrogens is 1. The first-order valence-electron chi connectivity index (χ1n) is 10.6. The number of oxazole rings is 1. The third kappa shape index (κ3) is 6.16. The van der Waals surface area contributed by atoms with Crippen molar-refractivity contribution in [3.63, 3.8) is 0 Å². The van der Waals surface area contributed by atoms with Crippen LogP contribution in [0, 0.1) is 0 Å². The molecule has 4 rings (SSSR count). The highest BCUT2D eigenvalue weighted by molar-refractivity contribution is 5.79. The Morgan fingerprint density at radius 3 is 2.58 bits per heavy atom. The van der Waals surface area contributed by atoms with E-state index in [9.17, 15) is 0 Å². The fourth-order valence-corrected chi connectivity index (χ4v) is 3.54. The standard InChI is InChI=1S/C24H29N5O2/c1-25-24(27-16-22-18-31-23(28-22)21-8-3-2-4-9-21)26-15-19-6-5-7-20(14-19)17-29-10-12-30-13-11-29/h2-9,14,18H,10-13,15-17H2,1H3,(H2,25,26,27). The number of hydrogen-bond donors (Lipinski definition) is 2. The average molecular weight is 420 g/mol. The third-order valence-corrected chi connectivity index (χ3v) is 5.19. The number of aliphatic imine (C=N–C) groups is 1. The van der Waals surface area contributed by atoms with E-state index in [0.29, 0.717) is 19.0 Å². The Morgan fingerprint density at radius 1 is 1.00 bits per heavy atom. The van der Waals surface area contributed by atoms with E-state index in [1.54, 1.807) is 13.3 Å². The smallest absolute Gasteiger partial charge is 0.226 e. The van der Waals surface area contributed by atoms with E-state index in [-0.39, 0.29) is 0 Å². The number of benzene rings is 2. The van der Waals surface area contributed by atoms with Crippen molar-refractivity contribution in [3.8, 4) is 11.5 Å². The van der Waals surface area contributed by atoms with E-state index in [2.05, 4.69) is 49.8 Å². The first kappa shape index (κ1) is 21.1. The van der Waals surface area contributed by atoms with Crippen molar-refractivity contribution in [2.24, 2.45) is 4.99 Å². The lowest BCUT2D eigenvalue weighted by Gasteiger charge is -2.26. The van der Waals surface area contributed by atoms with Crippen LogP contribution in [0.1, 0.15) is 16.8 Å². The lowest BCUT2D eigenvalue weighted by Crippen LogP contribution is -2.36. The highest BCUT2D eigenvalue weighted by Crippen LogP contribution is 2.17. The van der Waals surface area contributed by atoms with Crippen molar-refractivity contribution in [2.45, 2.75) is 19.6 Å². The SMILES string of the molecule is CN=C(NCc1cccc(CN2CCOCC2)c1)NCc1coc(-c2ccccc2)n1. The fourth-order valence-electron chi connectivity index (χ4n) is 3.54. The maximum absolute atomic E-state index is 5.60. The minimum Gasteiger partial charge on any atom is -0.444 e. The summed E-state index contributed by atoms with van der Waals surface area (Å²) in [4.78, 5) is 11.3. The van der Waals surface area contributed by atoms with Crippen LogP contribution >= 0.6 is 0 Å². The molecule has 0 radical (unpaired) electrons. The Morgan fingerprint density at radius 2 is 1.77 bits per heavy atom. The molecule has 31 heavy (non-hydrogen) atoms. The zero-order valence-corrected chi connectivity index (χ0v) is 17.9. The Labute approximate surface area is 183 Å². The van der Waals surface area contributed by atoms with Gasteiger partial charge in [0, 0.05) is 38.8 Å². The topological polar surface area (TPSA) is 74.9 Å².